The molecule has 0 aromatic rings. The average Bonchev–Trinajstić information content (AvgIpc) is 2.32. The molecule has 2 nitrogen and oxygen atoms in total. The quantitative estimate of drug-likeness (QED) is 0.183. The van der Waals surface area contributed by atoms with E-state index in [2.05, 4.69) is 11.9 Å². The molecule has 0 aromatic carbocycles. The van der Waals surface area contributed by atoms with Gasteiger partial charge in [-0.25, -0.2) is 0 Å². The van der Waals surface area contributed by atoms with Gasteiger partial charge in [-0.15, -0.1) is 6.58 Å². The minimum atomic E-state index is 0. The minimum absolute atomic E-state index is 0. The van der Waals surface area contributed by atoms with E-state index in [1.165, 1.54) is 0 Å². The molecule has 108 valence electrons. The molecule has 0 spiro atoms. The molecule has 0 fully saturated rings. The summed E-state index contributed by atoms with van der Waals surface area (Å²) in [5, 5.41) is 2.91. The van der Waals surface area contributed by atoms with E-state index in [9.17, 15) is 0 Å². The second-order valence-corrected chi connectivity index (χ2v) is 4.93. The van der Waals surface area contributed by atoms with Crippen molar-refractivity contribution in [3.63, 3.8) is 0 Å². The minimum Gasteiger partial charge on any atom is -0.412 e. The first-order valence-corrected chi connectivity index (χ1v) is 7.60. The first kappa shape index (κ1) is 33.5. The van der Waals surface area contributed by atoms with Crippen molar-refractivity contribution >= 4 is 58.3 Å². The largest absolute Gasteiger partial charge is 1.00 e. The predicted molar refractivity (Wildman–Crippen MR) is 97.0 cm³/mol. The summed E-state index contributed by atoms with van der Waals surface area (Å²) in [6, 6.07) is 0. The van der Waals surface area contributed by atoms with E-state index in [1.54, 1.807) is 6.08 Å². The van der Waals surface area contributed by atoms with Crippen LogP contribution in [0.3, 0.4) is 0 Å². The maximum atomic E-state index is 4.89. The third kappa shape index (κ3) is 32.1. The Morgan fingerprint density at radius 3 is 1.90 bits per heavy atom. The summed E-state index contributed by atoms with van der Waals surface area (Å²) in [6.45, 7) is 13.8. The van der Waals surface area contributed by atoms with Crippen LogP contribution in [0.2, 0.25) is 0 Å². The summed E-state index contributed by atoms with van der Waals surface area (Å²) in [5.41, 5.74) is 0. The van der Waals surface area contributed by atoms with Gasteiger partial charge in [-0.2, -0.15) is 0 Å². The zero-order valence-electron chi connectivity index (χ0n) is 13.7. The van der Waals surface area contributed by atoms with Crippen LogP contribution in [-0.2, 0) is 25.3 Å². The monoisotopic (exact) mass is 370 g/mol. The normalized spacial score (nSPS) is 7.00. The SMILES string of the molecule is C=CC.CC.CCN(CCCNC(=S)[S-])C(=S)[S-].[Na+].[Na+]. The number of hydrogen-bond acceptors (Lipinski definition) is 4. The van der Waals surface area contributed by atoms with Gasteiger partial charge in [0.25, 0.3) is 0 Å². The standard InChI is InChI=1S/C7H14N2S4.C3H6.C2H6.2Na/c1-2-9(7(12)13)5-3-4-8-6(10)11;1-3-2;1-2;;/h2-5H2,1H3,(H,12,13)(H2,8,10,11);3H,1H2,2H3;1-2H3;;/q;;;2*+1/p-2. The zero-order chi connectivity index (χ0) is 15.0. The molecule has 0 bridgehead atoms. The number of allylic oxidation sites excluding steroid dienone is 1. The van der Waals surface area contributed by atoms with Crippen molar-refractivity contribution in [1.82, 2.24) is 10.2 Å². The molecule has 8 heteroatoms. The molecule has 0 amide bonds. The fourth-order valence-electron chi connectivity index (χ4n) is 0.839. The molecular formula is C12H24N2Na2S4. The maximum Gasteiger partial charge on any atom is 1.00 e. The van der Waals surface area contributed by atoms with Crippen molar-refractivity contribution in [2.45, 2.75) is 34.1 Å². The fourth-order valence-corrected chi connectivity index (χ4v) is 1.48. The number of thiocarbonyl (C=S) groups is 2. The Kier molecular flexibility index (Phi) is 48.7. The van der Waals surface area contributed by atoms with E-state index in [0.29, 0.717) is 8.64 Å². The zero-order valence-corrected chi connectivity index (χ0v) is 21.0. The van der Waals surface area contributed by atoms with Crippen LogP contribution in [0.25, 0.3) is 0 Å². The van der Waals surface area contributed by atoms with Gasteiger partial charge in [0.05, 0.1) is 0 Å². The van der Waals surface area contributed by atoms with Gasteiger partial charge in [-0.1, -0.05) is 28.6 Å². The van der Waals surface area contributed by atoms with Crippen LogP contribution < -0.4 is 64.4 Å². The molecule has 0 aliphatic rings. The van der Waals surface area contributed by atoms with Crippen molar-refractivity contribution in [1.29, 1.82) is 0 Å². The van der Waals surface area contributed by atoms with E-state index in [4.69, 9.17) is 49.7 Å². The van der Waals surface area contributed by atoms with E-state index in [0.717, 1.165) is 26.1 Å². The number of rotatable bonds is 5. The summed E-state index contributed by atoms with van der Waals surface area (Å²) in [6.07, 6.45) is 2.70. The van der Waals surface area contributed by atoms with Crippen LogP contribution in [-0.4, -0.2) is 33.2 Å². The van der Waals surface area contributed by atoms with E-state index < -0.39 is 0 Å². The Morgan fingerprint density at radius 1 is 1.25 bits per heavy atom. The molecule has 0 aromatic heterocycles. The van der Waals surface area contributed by atoms with Crippen LogP contribution in [0.5, 0.6) is 0 Å². The number of hydrogen-bond donors (Lipinski definition) is 1. The summed E-state index contributed by atoms with van der Waals surface area (Å²) in [4.78, 5) is 1.97. The Labute approximate surface area is 191 Å². The summed E-state index contributed by atoms with van der Waals surface area (Å²) >= 11 is 19.2. The topological polar surface area (TPSA) is 15.3 Å². The summed E-state index contributed by atoms with van der Waals surface area (Å²) in [5.74, 6) is 0. The Hall–Kier alpha value is 1.96. The van der Waals surface area contributed by atoms with Gasteiger partial charge in [-0.05, 0) is 20.3 Å². The first-order valence-electron chi connectivity index (χ1n) is 5.97. The van der Waals surface area contributed by atoms with E-state index in [-0.39, 0.29) is 59.1 Å². The molecule has 20 heavy (non-hydrogen) atoms. The van der Waals surface area contributed by atoms with Crippen LogP contribution in [0.1, 0.15) is 34.1 Å². The number of nitrogens with zero attached hydrogens (tertiary/aromatic N) is 1. The molecule has 0 unspecified atom stereocenters. The molecule has 0 radical (unpaired) electrons. The number of nitrogens with one attached hydrogen (secondary N) is 1. The van der Waals surface area contributed by atoms with Crippen LogP contribution in [0.15, 0.2) is 12.7 Å². The van der Waals surface area contributed by atoms with Gasteiger partial charge in [0.15, 0.2) is 0 Å². The molecule has 0 heterocycles. The predicted octanol–water partition coefficient (Wildman–Crippen LogP) is -2.82. The van der Waals surface area contributed by atoms with Crippen LogP contribution in [0.4, 0.5) is 0 Å². The van der Waals surface area contributed by atoms with E-state index in [1.807, 2.05) is 32.6 Å². The molecule has 0 atom stereocenters. The Balaban J connectivity index is -0.0000000944. The molecule has 0 rings (SSSR count). The molecular weight excluding hydrogens is 346 g/mol. The third-order valence-corrected chi connectivity index (χ3v) is 2.32. The van der Waals surface area contributed by atoms with Gasteiger partial charge in [-0.3, -0.25) is 0 Å². The van der Waals surface area contributed by atoms with Gasteiger partial charge in [0.2, 0.25) is 0 Å². The molecule has 0 aliphatic carbocycles. The second-order valence-electron chi connectivity index (χ2n) is 2.82. The van der Waals surface area contributed by atoms with Crippen molar-refractivity contribution in [3.05, 3.63) is 12.7 Å². The fraction of sp³-hybridized carbons (Fsp3) is 0.667. The molecule has 0 saturated carbocycles. The maximum absolute atomic E-state index is 4.89. The summed E-state index contributed by atoms with van der Waals surface area (Å²) < 4.78 is 0.951. The van der Waals surface area contributed by atoms with Crippen molar-refractivity contribution in [3.8, 4) is 0 Å². The second kappa shape index (κ2) is 29.0. The summed E-state index contributed by atoms with van der Waals surface area (Å²) in [7, 11) is 0. The smallest absolute Gasteiger partial charge is 0.412 e. The van der Waals surface area contributed by atoms with Gasteiger partial charge >= 0.3 is 59.1 Å². The third-order valence-electron chi connectivity index (χ3n) is 1.51. The first-order chi connectivity index (χ1) is 8.49. The molecule has 0 aliphatic heterocycles. The van der Waals surface area contributed by atoms with Crippen molar-refractivity contribution < 1.29 is 59.1 Å². The van der Waals surface area contributed by atoms with Crippen LogP contribution in [0, 0.1) is 0 Å². The average molecular weight is 371 g/mol. The van der Waals surface area contributed by atoms with E-state index >= 15 is 0 Å². The van der Waals surface area contributed by atoms with Gasteiger partial charge in [0.1, 0.15) is 0 Å². The van der Waals surface area contributed by atoms with Crippen LogP contribution >= 0.6 is 24.4 Å². The Morgan fingerprint density at radius 2 is 1.65 bits per heavy atom. The Bertz CT molecular complexity index is 230. The van der Waals surface area contributed by atoms with Gasteiger partial charge in [0, 0.05) is 19.6 Å². The molecule has 0 saturated heterocycles. The molecule has 1 N–H and O–H groups in total. The van der Waals surface area contributed by atoms with Crippen molar-refractivity contribution in [2.24, 2.45) is 0 Å². The van der Waals surface area contributed by atoms with Gasteiger partial charge < -0.3 is 59.9 Å². The van der Waals surface area contributed by atoms with Crippen molar-refractivity contribution in [2.75, 3.05) is 19.6 Å².